The van der Waals surface area contributed by atoms with Crippen molar-refractivity contribution in [2.24, 2.45) is 0 Å². The Balaban J connectivity index is 1.53. The van der Waals surface area contributed by atoms with Crippen molar-refractivity contribution in [1.29, 1.82) is 0 Å². The molecule has 0 bridgehead atoms. The molecule has 34 heavy (non-hydrogen) atoms. The summed E-state index contributed by atoms with van der Waals surface area (Å²) in [6.45, 7) is 4.84. The fraction of sp³-hybridized carbons (Fsp3) is 0.481. The van der Waals surface area contributed by atoms with Crippen LogP contribution in [-0.4, -0.2) is 32.9 Å². The van der Waals surface area contributed by atoms with E-state index in [1.54, 1.807) is 16.2 Å². The molecule has 1 atom stereocenters. The number of amides is 2. The van der Waals surface area contributed by atoms with Gasteiger partial charge < -0.3 is 14.8 Å². The van der Waals surface area contributed by atoms with Gasteiger partial charge in [0.05, 0.1) is 16.8 Å². The number of benzene rings is 1. The quantitative estimate of drug-likeness (QED) is 0.428. The summed E-state index contributed by atoms with van der Waals surface area (Å²) >= 11 is 7.97. The Hall–Kier alpha value is -2.31. The molecular weight excluding hydrogens is 466 g/mol. The van der Waals surface area contributed by atoms with Crippen LogP contribution in [0.25, 0.3) is 10.2 Å². The lowest BCUT2D eigenvalue weighted by molar-refractivity contribution is -0.134. The summed E-state index contributed by atoms with van der Waals surface area (Å²) in [6, 6.07) is 11.9. The maximum Gasteiger partial charge on any atom is 0.271 e. The predicted octanol–water partition coefficient (Wildman–Crippen LogP) is 6.17. The van der Waals surface area contributed by atoms with E-state index in [0.29, 0.717) is 23.8 Å². The summed E-state index contributed by atoms with van der Waals surface area (Å²) in [5.41, 5.74) is 1.63. The largest absolute Gasteiger partial charge is 0.351 e. The second-order valence-electron chi connectivity index (χ2n) is 9.89. The van der Waals surface area contributed by atoms with E-state index in [1.807, 2.05) is 37.3 Å². The SMILES string of the molecule is CCc1cc2c(cc3n2C[C@](C)(C(=O)NC2CCCCCC2)N(Cc2cccc(Cl)c2)C3=O)s1. The van der Waals surface area contributed by atoms with Gasteiger partial charge in [-0.2, -0.15) is 0 Å². The van der Waals surface area contributed by atoms with Crippen LogP contribution in [0.1, 0.15) is 73.3 Å². The van der Waals surface area contributed by atoms with Crippen LogP contribution in [0.4, 0.5) is 0 Å². The highest BCUT2D eigenvalue weighted by atomic mass is 35.5. The summed E-state index contributed by atoms with van der Waals surface area (Å²) in [7, 11) is 0. The van der Waals surface area contributed by atoms with E-state index >= 15 is 0 Å². The number of aryl methyl sites for hydroxylation is 1. The third-order valence-corrected chi connectivity index (χ3v) is 8.88. The predicted molar refractivity (Wildman–Crippen MR) is 139 cm³/mol. The van der Waals surface area contributed by atoms with Crippen LogP contribution in [0.2, 0.25) is 5.02 Å². The number of halogens is 1. The number of carbonyl (C=O) groups excluding carboxylic acids is 2. The lowest BCUT2D eigenvalue weighted by atomic mass is 9.93. The second-order valence-corrected chi connectivity index (χ2v) is 11.5. The fourth-order valence-corrected chi connectivity index (χ4v) is 6.65. The minimum Gasteiger partial charge on any atom is -0.351 e. The van der Waals surface area contributed by atoms with E-state index < -0.39 is 5.54 Å². The average Bonchev–Trinajstić information content (AvgIpc) is 3.25. The number of hydrogen-bond donors (Lipinski definition) is 1. The average molecular weight is 498 g/mol. The molecule has 1 N–H and O–H groups in total. The lowest BCUT2D eigenvalue weighted by Crippen LogP contribution is -2.64. The van der Waals surface area contributed by atoms with Crippen LogP contribution in [0, 0.1) is 0 Å². The number of aromatic nitrogens is 1. The minimum absolute atomic E-state index is 0.0618. The molecule has 0 unspecified atom stereocenters. The summed E-state index contributed by atoms with van der Waals surface area (Å²) in [5, 5.41) is 3.96. The molecule has 2 aliphatic rings. The zero-order chi connectivity index (χ0) is 23.9. The first-order chi connectivity index (χ1) is 16.4. The summed E-state index contributed by atoms with van der Waals surface area (Å²) in [6.07, 6.45) is 7.72. The van der Waals surface area contributed by atoms with Crippen molar-refractivity contribution < 1.29 is 9.59 Å². The van der Waals surface area contributed by atoms with Gasteiger partial charge in [-0.15, -0.1) is 11.3 Å². The van der Waals surface area contributed by atoms with Gasteiger partial charge in [0.25, 0.3) is 5.91 Å². The minimum atomic E-state index is -1.00. The molecule has 5 rings (SSSR count). The number of hydrogen-bond acceptors (Lipinski definition) is 3. The monoisotopic (exact) mass is 497 g/mol. The molecule has 1 fully saturated rings. The van der Waals surface area contributed by atoms with Crippen molar-refractivity contribution in [3.05, 3.63) is 57.6 Å². The van der Waals surface area contributed by atoms with Gasteiger partial charge in [-0.05, 0) is 56.0 Å². The number of thiophene rings is 1. The first-order valence-corrected chi connectivity index (χ1v) is 13.6. The van der Waals surface area contributed by atoms with Gasteiger partial charge in [0.15, 0.2) is 0 Å². The van der Waals surface area contributed by atoms with E-state index in [1.165, 1.54) is 17.7 Å². The lowest BCUT2D eigenvalue weighted by Gasteiger charge is -2.44. The highest BCUT2D eigenvalue weighted by molar-refractivity contribution is 7.19. The molecule has 1 saturated carbocycles. The van der Waals surface area contributed by atoms with Gasteiger partial charge in [-0.25, -0.2) is 0 Å². The Morgan fingerprint density at radius 1 is 1.18 bits per heavy atom. The third kappa shape index (κ3) is 4.27. The third-order valence-electron chi connectivity index (χ3n) is 7.42. The highest BCUT2D eigenvalue weighted by Crippen LogP contribution is 2.37. The van der Waals surface area contributed by atoms with Gasteiger partial charge in [0.1, 0.15) is 11.2 Å². The van der Waals surface area contributed by atoms with E-state index in [2.05, 4.69) is 22.9 Å². The Labute approximate surface area is 210 Å². The Morgan fingerprint density at radius 2 is 1.94 bits per heavy atom. The maximum absolute atomic E-state index is 13.9. The van der Waals surface area contributed by atoms with Crippen LogP contribution in [0.3, 0.4) is 0 Å². The second kappa shape index (κ2) is 9.38. The molecule has 2 amide bonds. The highest BCUT2D eigenvalue weighted by Gasteiger charge is 2.48. The molecule has 1 aromatic carbocycles. The molecule has 5 nitrogen and oxygen atoms in total. The van der Waals surface area contributed by atoms with Crippen LogP contribution < -0.4 is 5.32 Å². The van der Waals surface area contributed by atoms with Crippen molar-refractivity contribution in [3.63, 3.8) is 0 Å². The molecule has 0 spiro atoms. The molecule has 1 aliphatic heterocycles. The maximum atomic E-state index is 13.9. The van der Waals surface area contributed by atoms with Gasteiger partial charge in [-0.3, -0.25) is 9.59 Å². The van der Waals surface area contributed by atoms with Crippen LogP contribution in [0.5, 0.6) is 0 Å². The zero-order valence-electron chi connectivity index (χ0n) is 19.9. The number of carbonyl (C=O) groups is 2. The normalized spacial score (nSPS) is 21.5. The smallest absolute Gasteiger partial charge is 0.271 e. The fourth-order valence-electron chi connectivity index (χ4n) is 5.39. The zero-order valence-corrected chi connectivity index (χ0v) is 21.5. The molecule has 0 saturated heterocycles. The van der Waals surface area contributed by atoms with E-state index in [-0.39, 0.29) is 17.9 Å². The van der Waals surface area contributed by atoms with Crippen LogP contribution >= 0.6 is 22.9 Å². The Morgan fingerprint density at radius 3 is 2.65 bits per heavy atom. The molecular formula is C27H32ClN3O2S. The summed E-state index contributed by atoms with van der Waals surface area (Å²) in [5.74, 6) is -0.167. The first-order valence-electron chi connectivity index (χ1n) is 12.4. The molecule has 7 heteroatoms. The van der Waals surface area contributed by atoms with Gasteiger partial charge in [-0.1, -0.05) is 56.3 Å². The number of rotatable bonds is 5. The van der Waals surface area contributed by atoms with E-state index in [9.17, 15) is 9.59 Å². The number of fused-ring (bicyclic) bond motifs is 3. The van der Waals surface area contributed by atoms with E-state index in [4.69, 9.17) is 11.6 Å². The van der Waals surface area contributed by atoms with Crippen molar-refractivity contribution in [1.82, 2.24) is 14.8 Å². The van der Waals surface area contributed by atoms with E-state index in [0.717, 1.165) is 47.9 Å². The summed E-state index contributed by atoms with van der Waals surface area (Å²) < 4.78 is 3.17. The van der Waals surface area contributed by atoms with Crippen molar-refractivity contribution >= 4 is 45.0 Å². The molecule has 3 heterocycles. The Kier molecular flexibility index (Phi) is 6.47. The molecule has 1 aliphatic carbocycles. The molecule has 2 aromatic heterocycles. The van der Waals surface area contributed by atoms with Crippen molar-refractivity contribution in [2.45, 2.75) is 83.5 Å². The first kappa shape index (κ1) is 23.4. The van der Waals surface area contributed by atoms with Crippen LogP contribution in [-0.2, 0) is 24.3 Å². The topological polar surface area (TPSA) is 54.3 Å². The molecule has 3 aromatic rings. The number of nitrogens with zero attached hydrogens (tertiary/aromatic N) is 2. The van der Waals surface area contributed by atoms with Gasteiger partial charge in [0.2, 0.25) is 5.91 Å². The van der Waals surface area contributed by atoms with Crippen molar-refractivity contribution in [3.8, 4) is 0 Å². The van der Waals surface area contributed by atoms with Gasteiger partial charge in [0, 0.05) is 22.5 Å². The van der Waals surface area contributed by atoms with Crippen LogP contribution in [0.15, 0.2) is 36.4 Å². The standard InChI is InChI=1S/C27H32ClN3O2S/c1-3-21-14-22-24(34-21)15-23-25(32)31(16-18-9-8-10-19(28)13-18)27(2,17-30(22)23)26(33)29-20-11-6-4-5-7-12-20/h8-10,13-15,20H,3-7,11-12,16-17H2,1-2H3,(H,29,33)/t27-/m1/s1. The number of nitrogens with one attached hydrogen (secondary N) is 1. The van der Waals surface area contributed by atoms with Crippen molar-refractivity contribution in [2.75, 3.05) is 0 Å². The summed E-state index contributed by atoms with van der Waals surface area (Å²) in [4.78, 5) is 30.8. The Bertz CT molecular complexity index is 1220. The molecule has 180 valence electrons. The van der Waals surface area contributed by atoms with Gasteiger partial charge >= 0.3 is 0 Å². The molecule has 0 radical (unpaired) electrons.